The third kappa shape index (κ3) is 49.4. The molecule has 54 heavy (non-hydrogen) atoms. The Morgan fingerprint density at radius 2 is 0.500 bits per heavy atom. The summed E-state index contributed by atoms with van der Waals surface area (Å²) >= 11 is 0. The van der Waals surface area contributed by atoms with E-state index >= 15 is 0 Å². The molecule has 0 unspecified atom stereocenters. The number of aliphatic carboxylic acids is 4. The molecule has 308 valence electrons. The summed E-state index contributed by atoms with van der Waals surface area (Å²) in [5.74, 6) is -4.60. The molecule has 0 spiro atoms. The molecule has 8 nitrogen and oxygen atoms in total. The van der Waals surface area contributed by atoms with Gasteiger partial charge in [-0.2, -0.15) is 0 Å². The molecule has 0 aromatic heterocycles. The number of hydrogen-bond donors (Lipinski definition) is 4. The van der Waals surface area contributed by atoms with E-state index in [0.29, 0.717) is 12.8 Å². The van der Waals surface area contributed by atoms with Gasteiger partial charge in [0.1, 0.15) is 0 Å². The molecule has 0 aliphatic heterocycles. The van der Waals surface area contributed by atoms with Gasteiger partial charge in [0.2, 0.25) is 0 Å². The van der Waals surface area contributed by atoms with Crippen molar-refractivity contribution in [2.75, 3.05) is 0 Å². The number of rotatable bonds is 38. The maximum absolute atomic E-state index is 10.9. The molecule has 0 bridgehead atoms. The predicted octanol–water partition coefficient (Wildman–Crippen LogP) is 7.70. The van der Waals surface area contributed by atoms with Gasteiger partial charge in [-0.05, 0) is 25.7 Å². The van der Waals surface area contributed by atoms with Gasteiger partial charge >= 0.3 is 83.0 Å². The molecule has 10 heteroatoms. The summed E-state index contributed by atoms with van der Waals surface area (Å²) in [5, 5.41) is 35.1. The van der Waals surface area contributed by atoms with Crippen molar-refractivity contribution in [1.82, 2.24) is 0 Å². The number of carboxylic acids is 4. The Bertz CT molecular complexity index is 874. The van der Waals surface area contributed by atoms with Crippen LogP contribution in [0.4, 0.5) is 0 Å². The largest absolute Gasteiger partial charge is 1.00 e. The van der Waals surface area contributed by atoms with Crippen molar-refractivity contribution in [2.24, 2.45) is 0 Å². The average molecular weight is 785 g/mol. The van der Waals surface area contributed by atoms with Crippen LogP contribution in [0.5, 0.6) is 0 Å². The van der Waals surface area contributed by atoms with Crippen molar-refractivity contribution in [2.45, 2.75) is 232 Å². The second-order valence-corrected chi connectivity index (χ2v) is 14.7. The fourth-order valence-corrected chi connectivity index (χ4v) is 6.51. The van der Waals surface area contributed by atoms with Gasteiger partial charge in [0.05, 0.1) is 0 Å². The van der Waals surface area contributed by atoms with Crippen LogP contribution in [0.1, 0.15) is 235 Å². The van der Waals surface area contributed by atoms with Crippen molar-refractivity contribution in [3.8, 4) is 0 Å². The van der Waals surface area contributed by atoms with E-state index in [1.54, 1.807) is 0 Å². The minimum atomic E-state index is -1.18. The van der Waals surface area contributed by atoms with Crippen molar-refractivity contribution in [3.05, 3.63) is 23.3 Å². The smallest absolute Gasteiger partial charge is 1.00 e. The van der Waals surface area contributed by atoms with Crippen molar-refractivity contribution in [1.29, 1.82) is 0 Å². The van der Waals surface area contributed by atoms with Crippen molar-refractivity contribution >= 4 is 23.9 Å². The van der Waals surface area contributed by atoms with Crippen LogP contribution in [0.3, 0.4) is 0 Å². The van der Waals surface area contributed by atoms with Crippen LogP contribution in [0.25, 0.3) is 0 Å². The van der Waals surface area contributed by atoms with E-state index in [1.165, 1.54) is 167 Å². The van der Waals surface area contributed by atoms with Crippen LogP contribution in [0, 0.1) is 0 Å². The van der Waals surface area contributed by atoms with Crippen LogP contribution in [-0.4, -0.2) is 44.3 Å². The molecule has 0 amide bonds. The molecule has 0 saturated heterocycles. The zero-order valence-electron chi connectivity index (χ0n) is 37.6. The topological polar surface area (TPSA) is 149 Å². The minimum absolute atomic E-state index is 0. The first-order valence-electron chi connectivity index (χ1n) is 21.5. The third-order valence-corrected chi connectivity index (χ3v) is 9.74. The summed E-state index contributed by atoms with van der Waals surface area (Å²) in [5.41, 5.74) is 0.00530. The summed E-state index contributed by atoms with van der Waals surface area (Å²) in [6.07, 6.45) is 43.1. The molecule has 4 N–H and O–H groups in total. The molecule has 0 heterocycles. The minimum Gasteiger partial charge on any atom is -1.00 e. The Labute approximate surface area is 378 Å². The first kappa shape index (κ1) is 60.0. The van der Waals surface area contributed by atoms with E-state index in [-0.39, 0.29) is 73.1 Å². The zero-order chi connectivity index (χ0) is 38.9. The summed E-state index contributed by atoms with van der Waals surface area (Å²) < 4.78 is 0. The van der Waals surface area contributed by atoms with Crippen LogP contribution in [0.2, 0.25) is 0 Å². The standard InChI is InChI=1S/2C22H40O4.2Na.2H/c2*1-2-3-4-5-6-7-8-9-10-11-12-13-14-15-16-17-18-20(22(25)26)19-21(23)24;;;;/h2*19H,2-18H2,1H3,(H,23,24)(H,25,26);;;;/q;;2*+1;2*-1/b2*20-19+;;;;. The number of hydrogen-bond acceptors (Lipinski definition) is 4. The molecule has 0 rings (SSSR count). The Hall–Kier alpha value is -0.640. The van der Waals surface area contributed by atoms with Crippen LogP contribution in [-0.2, 0) is 19.2 Å². The quantitative estimate of drug-likeness (QED) is 0.0283. The second-order valence-electron chi connectivity index (χ2n) is 14.7. The van der Waals surface area contributed by atoms with E-state index < -0.39 is 23.9 Å². The molecular formula is C44H82Na2O8. The van der Waals surface area contributed by atoms with Gasteiger partial charge in [-0.1, -0.05) is 206 Å². The Morgan fingerprint density at radius 3 is 0.648 bits per heavy atom. The maximum atomic E-state index is 10.9. The van der Waals surface area contributed by atoms with Gasteiger partial charge in [-0.15, -0.1) is 0 Å². The third-order valence-electron chi connectivity index (χ3n) is 9.74. The molecule has 0 aromatic rings. The Balaban J connectivity index is -0.000000208. The van der Waals surface area contributed by atoms with E-state index in [2.05, 4.69) is 13.8 Å². The monoisotopic (exact) mass is 785 g/mol. The Morgan fingerprint density at radius 1 is 0.333 bits per heavy atom. The molecule has 0 radical (unpaired) electrons. The summed E-state index contributed by atoms with van der Waals surface area (Å²) in [4.78, 5) is 42.9. The first-order chi connectivity index (χ1) is 25.1. The number of carboxylic acid groups (broad SMARTS) is 4. The first-order valence-corrected chi connectivity index (χ1v) is 21.5. The Kier molecular flexibility index (Phi) is 53.9. The van der Waals surface area contributed by atoms with Gasteiger partial charge < -0.3 is 23.3 Å². The summed E-state index contributed by atoms with van der Waals surface area (Å²) in [6, 6.07) is 0. The van der Waals surface area contributed by atoms with Gasteiger partial charge in [0.25, 0.3) is 0 Å². The predicted molar refractivity (Wildman–Crippen MR) is 217 cm³/mol. The number of carbonyl (C=O) groups is 4. The molecule has 0 saturated carbocycles. The normalized spacial score (nSPS) is 11.2. The maximum Gasteiger partial charge on any atom is 1.00 e. The van der Waals surface area contributed by atoms with E-state index in [0.717, 1.165) is 50.7 Å². The van der Waals surface area contributed by atoms with E-state index in [4.69, 9.17) is 20.4 Å². The molecule has 0 aliphatic rings. The van der Waals surface area contributed by atoms with Gasteiger partial charge in [-0.25, -0.2) is 19.2 Å². The summed E-state index contributed by atoms with van der Waals surface area (Å²) in [7, 11) is 0. The van der Waals surface area contributed by atoms with Crippen LogP contribution >= 0.6 is 0 Å². The molecular weight excluding hydrogens is 702 g/mol. The second kappa shape index (κ2) is 48.5. The molecule has 0 aromatic carbocycles. The zero-order valence-corrected chi connectivity index (χ0v) is 39.6. The molecule has 0 atom stereocenters. The fourth-order valence-electron chi connectivity index (χ4n) is 6.51. The van der Waals surface area contributed by atoms with E-state index in [1.807, 2.05) is 0 Å². The fraction of sp³-hybridized carbons (Fsp3) is 0.818. The van der Waals surface area contributed by atoms with Crippen LogP contribution in [0.15, 0.2) is 23.3 Å². The van der Waals surface area contributed by atoms with Crippen molar-refractivity contribution < 1.29 is 102 Å². The van der Waals surface area contributed by atoms with Gasteiger partial charge in [0, 0.05) is 23.3 Å². The molecule has 0 fully saturated rings. The average Bonchev–Trinajstić information content (AvgIpc) is 3.10. The van der Waals surface area contributed by atoms with E-state index in [9.17, 15) is 19.2 Å². The van der Waals surface area contributed by atoms with Gasteiger partial charge in [0.15, 0.2) is 0 Å². The number of unbranched alkanes of at least 4 members (excludes halogenated alkanes) is 30. The molecule has 0 aliphatic carbocycles. The van der Waals surface area contributed by atoms with Crippen molar-refractivity contribution in [3.63, 3.8) is 0 Å². The summed E-state index contributed by atoms with van der Waals surface area (Å²) in [6.45, 7) is 4.52. The van der Waals surface area contributed by atoms with Gasteiger partial charge in [-0.3, -0.25) is 0 Å². The van der Waals surface area contributed by atoms with Crippen LogP contribution < -0.4 is 59.1 Å². The SMILES string of the molecule is CCCCCCCCCCCCCCCCCC/C(=C\C(=O)O)C(=O)O.CCCCCCCCCCCCCCCCCC/C(=C\C(=O)O)C(=O)O.[H-].[H-].[Na+].[Na+].